The molecule has 2 nitrogen and oxygen atoms in total. The third-order valence-electron chi connectivity index (χ3n) is 2.18. The third kappa shape index (κ3) is 2.87. The van der Waals surface area contributed by atoms with Crippen LogP contribution in [0.15, 0.2) is 24.3 Å². The van der Waals surface area contributed by atoms with Gasteiger partial charge in [0.15, 0.2) is 0 Å². The molecule has 1 aromatic carbocycles. The van der Waals surface area contributed by atoms with Gasteiger partial charge in [0.25, 0.3) is 0 Å². The van der Waals surface area contributed by atoms with Crippen molar-refractivity contribution in [2.75, 3.05) is 0 Å². The molecule has 0 fully saturated rings. The molecule has 0 bridgehead atoms. The van der Waals surface area contributed by atoms with E-state index in [4.69, 9.17) is 4.74 Å². The minimum absolute atomic E-state index is 0.143. The van der Waals surface area contributed by atoms with Crippen molar-refractivity contribution in [3.63, 3.8) is 0 Å². The third-order valence-corrected chi connectivity index (χ3v) is 2.18. The highest BCUT2D eigenvalue weighted by atomic mass is 16.5. The van der Waals surface area contributed by atoms with E-state index in [0.717, 1.165) is 12.0 Å². The summed E-state index contributed by atoms with van der Waals surface area (Å²) in [6.07, 6.45) is 1.41. The van der Waals surface area contributed by atoms with Crippen LogP contribution in [-0.4, -0.2) is 5.97 Å². The highest BCUT2D eigenvalue weighted by Gasteiger charge is 2.02. The van der Waals surface area contributed by atoms with Crippen LogP contribution in [0.1, 0.15) is 31.4 Å². The fourth-order valence-corrected chi connectivity index (χ4v) is 1.30. The second kappa shape index (κ2) is 5.43. The smallest absolute Gasteiger partial charge is 0.305 e. The molecule has 0 aliphatic rings. The van der Waals surface area contributed by atoms with Gasteiger partial charge in [-0.1, -0.05) is 38.1 Å². The molecule has 0 radical (unpaired) electrons. The summed E-state index contributed by atoms with van der Waals surface area (Å²) in [6.45, 7) is 4.30. The maximum atomic E-state index is 11.0. The number of hydrogen-bond donors (Lipinski definition) is 0. The van der Waals surface area contributed by atoms with Crippen LogP contribution in [0.3, 0.4) is 0 Å². The van der Waals surface area contributed by atoms with E-state index in [9.17, 15) is 4.79 Å². The van der Waals surface area contributed by atoms with Crippen LogP contribution in [-0.2, 0) is 22.6 Å². The number of carbonyl (C=O) groups excluding carboxylic acids is 1. The molecule has 0 saturated heterocycles. The molecule has 1 aromatic rings. The van der Waals surface area contributed by atoms with Crippen LogP contribution >= 0.6 is 0 Å². The van der Waals surface area contributed by atoms with Crippen LogP contribution in [0.2, 0.25) is 0 Å². The van der Waals surface area contributed by atoms with E-state index in [2.05, 4.69) is 13.0 Å². The topological polar surface area (TPSA) is 26.3 Å². The Morgan fingerprint density at radius 3 is 2.43 bits per heavy atom. The lowest BCUT2D eigenvalue weighted by molar-refractivity contribution is -0.144. The van der Waals surface area contributed by atoms with E-state index in [1.54, 1.807) is 6.92 Å². The maximum Gasteiger partial charge on any atom is 0.305 e. The van der Waals surface area contributed by atoms with Crippen LogP contribution in [0.4, 0.5) is 0 Å². The maximum absolute atomic E-state index is 11.0. The Kier molecular flexibility index (Phi) is 4.17. The lowest BCUT2D eigenvalue weighted by Gasteiger charge is -2.07. The molecule has 1 rings (SSSR count). The number of aryl methyl sites for hydroxylation is 1. The molecular formula is C12H16O2. The van der Waals surface area contributed by atoms with Crippen molar-refractivity contribution in [2.45, 2.75) is 33.3 Å². The van der Waals surface area contributed by atoms with Crippen LogP contribution in [0.25, 0.3) is 0 Å². The predicted molar refractivity (Wildman–Crippen MR) is 55.9 cm³/mol. The summed E-state index contributed by atoms with van der Waals surface area (Å²) in [6, 6.07) is 8.04. The molecule has 0 aromatic heterocycles. The first-order valence-electron chi connectivity index (χ1n) is 5.00. The molecule has 0 saturated carbocycles. The minimum atomic E-state index is -0.143. The van der Waals surface area contributed by atoms with Gasteiger partial charge in [-0.3, -0.25) is 4.79 Å². The van der Waals surface area contributed by atoms with Gasteiger partial charge in [-0.25, -0.2) is 0 Å². The monoisotopic (exact) mass is 192 g/mol. The molecule has 0 aliphatic carbocycles. The van der Waals surface area contributed by atoms with E-state index in [0.29, 0.717) is 13.0 Å². The van der Waals surface area contributed by atoms with Crippen molar-refractivity contribution in [2.24, 2.45) is 0 Å². The largest absolute Gasteiger partial charge is 0.461 e. The summed E-state index contributed by atoms with van der Waals surface area (Å²) >= 11 is 0. The summed E-state index contributed by atoms with van der Waals surface area (Å²) in [4.78, 5) is 11.0. The van der Waals surface area contributed by atoms with Gasteiger partial charge < -0.3 is 4.74 Å². The van der Waals surface area contributed by atoms with Crippen LogP contribution < -0.4 is 0 Å². The molecule has 76 valence electrons. The molecule has 0 amide bonds. The van der Waals surface area contributed by atoms with Crippen LogP contribution in [0, 0.1) is 0 Å². The Morgan fingerprint density at radius 1 is 1.21 bits per heavy atom. The average molecular weight is 192 g/mol. The van der Waals surface area contributed by atoms with E-state index < -0.39 is 0 Å². The quantitative estimate of drug-likeness (QED) is 0.685. The number of rotatable bonds is 4. The molecular weight excluding hydrogens is 176 g/mol. The van der Waals surface area contributed by atoms with Crippen molar-refractivity contribution in [1.29, 1.82) is 0 Å². The number of esters is 1. The first-order valence-corrected chi connectivity index (χ1v) is 5.00. The summed E-state index contributed by atoms with van der Waals surface area (Å²) in [7, 11) is 0. The zero-order valence-corrected chi connectivity index (χ0v) is 8.75. The predicted octanol–water partition coefficient (Wildman–Crippen LogP) is 2.70. The van der Waals surface area contributed by atoms with Gasteiger partial charge in [-0.05, 0) is 17.5 Å². The second-order valence-corrected chi connectivity index (χ2v) is 3.14. The Hall–Kier alpha value is -1.31. The van der Waals surface area contributed by atoms with Gasteiger partial charge in [0, 0.05) is 6.42 Å². The summed E-state index contributed by atoms with van der Waals surface area (Å²) in [5.74, 6) is -0.143. The first-order chi connectivity index (χ1) is 6.77. The highest BCUT2D eigenvalue weighted by molar-refractivity contribution is 5.68. The van der Waals surface area contributed by atoms with E-state index >= 15 is 0 Å². The molecule has 14 heavy (non-hydrogen) atoms. The molecule has 0 atom stereocenters. The van der Waals surface area contributed by atoms with Gasteiger partial charge in [0.1, 0.15) is 6.61 Å². The minimum Gasteiger partial charge on any atom is -0.461 e. The van der Waals surface area contributed by atoms with Gasteiger partial charge in [0.05, 0.1) is 0 Å². The molecule has 0 N–H and O–H groups in total. The standard InChI is InChI=1S/C12H16O2/c1-3-10-7-5-6-8-11(10)9-14-12(13)4-2/h5-8H,3-4,9H2,1-2H3. The van der Waals surface area contributed by atoms with E-state index in [-0.39, 0.29) is 5.97 Å². The Balaban J connectivity index is 2.61. The zero-order valence-electron chi connectivity index (χ0n) is 8.75. The van der Waals surface area contributed by atoms with Crippen molar-refractivity contribution >= 4 is 5.97 Å². The van der Waals surface area contributed by atoms with E-state index in [1.807, 2.05) is 18.2 Å². The average Bonchev–Trinajstić information content (AvgIpc) is 2.26. The van der Waals surface area contributed by atoms with Gasteiger partial charge in [-0.2, -0.15) is 0 Å². The van der Waals surface area contributed by atoms with Gasteiger partial charge in [0.2, 0.25) is 0 Å². The zero-order chi connectivity index (χ0) is 10.4. The SMILES string of the molecule is CCC(=O)OCc1ccccc1CC. The van der Waals surface area contributed by atoms with Crippen molar-refractivity contribution in [3.05, 3.63) is 35.4 Å². The molecule has 0 heterocycles. The number of carbonyl (C=O) groups is 1. The first kappa shape index (κ1) is 10.8. The number of hydrogen-bond acceptors (Lipinski definition) is 2. The fourth-order valence-electron chi connectivity index (χ4n) is 1.30. The van der Waals surface area contributed by atoms with Crippen molar-refractivity contribution in [1.82, 2.24) is 0 Å². The molecule has 0 spiro atoms. The Morgan fingerprint density at radius 2 is 1.86 bits per heavy atom. The number of ether oxygens (including phenoxy) is 1. The summed E-state index contributed by atoms with van der Waals surface area (Å²) in [5.41, 5.74) is 2.35. The second-order valence-electron chi connectivity index (χ2n) is 3.14. The van der Waals surface area contributed by atoms with E-state index in [1.165, 1.54) is 5.56 Å². The summed E-state index contributed by atoms with van der Waals surface area (Å²) in [5, 5.41) is 0. The highest BCUT2D eigenvalue weighted by Crippen LogP contribution is 2.10. The fraction of sp³-hybridized carbons (Fsp3) is 0.417. The molecule has 2 heteroatoms. The Labute approximate surface area is 84.9 Å². The Bertz CT molecular complexity index is 305. The van der Waals surface area contributed by atoms with Crippen molar-refractivity contribution < 1.29 is 9.53 Å². The van der Waals surface area contributed by atoms with Crippen LogP contribution in [0.5, 0.6) is 0 Å². The lowest BCUT2D eigenvalue weighted by Crippen LogP contribution is -2.04. The summed E-state index contributed by atoms with van der Waals surface area (Å²) < 4.78 is 5.08. The number of benzene rings is 1. The van der Waals surface area contributed by atoms with Gasteiger partial charge >= 0.3 is 5.97 Å². The molecule has 0 unspecified atom stereocenters. The molecule has 0 aliphatic heterocycles. The van der Waals surface area contributed by atoms with Crippen molar-refractivity contribution in [3.8, 4) is 0 Å². The van der Waals surface area contributed by atoms with Gasteiger partial charge in [-0.15, -0.1) is 0 Å². The lowest BCUT2D eigenvalue weighted by atomic mass is 10.1. The normalized spacial score (nSPS) is 9.86.